The summed E-state index contributed by atoms with van der Waals surface area (Å²) in [5.74, 6) is -0.658. The first-order chi connectivity index (χ1) is 10.1. The first-order valence-electron chi connectivity index (χ1n) is 6.53. The molecular weight excluding hydrogens is 304 g/mol. The van der Waals surface area contributed by atoms with Crippen molar-refractivity contribution in [3.05, 3.63) is 65.6 Å². The van der Waals surface area contributed by atoms with Crippen LogP contribution < -0.4 is 4.74 Å². The Hall–Kier alpha value is -2.53. The van der Waals surface area contributed by atoms with Crippen molar-refractivity contribution in [2.45, 2.75) is 13.5 Å². The summed E-state index contributed by atoms with van der Waals surface area (Å²) < 4.78 is 7.52. The minimum atomic E-state index is -1.00. The van der Waals surface area contributed by atoms with E-state index in [1.54, 1.807) is 18.2 Å². The van der Waals surface area contributed by atoms with Crippen molar-refractivity contribution in [1.82, 2.24) is 9.38 Å². The molecule has 0 saturated heterocycles. The topological polar surface area (TPSA) is 63.8 Å². The van der Waals surface area contributed by atoms with Gasteiger partial charge in [0.2, 0.25) is 0 Å². The van der Waals surface area contributed by atoms with Crippen molar-refractivity contribution >= 4 is 24.0 Å². The van der Waals surface area contributed by atoms with E-state index in [2.05, 4.69) is 4.98 Å². The Morgan fingerprint density at radius 1 is 1.23 bits per heavy atom. The molecule has 0 radical (unpaired) electrons. The highest BCUT2D eigenvalue weighted by atomic mass is 35.5. The number of nitrogens with zero attached hydrogens (tertiary/aromatic N) is 2. The van der Waals surface area contributed by atoms with E-state index in [1.807, 2.05) is 35.9 Å². The number of aromatic nitrogens is 2. The van der Waals surface area contributed by atoms with Crippen molar-refractivity contribution in [3.63, 3.8) is 0 Å². The molecule has 0 amide bonds. The van der Waals surface area contributed by atoms with Gasteiger partial charge >= 0.3 is 5.97 Å². The number of aromatic carboxylic acids is 1. The molecule has 0 fully saturated rings. The third-order valence-corrected chi connectivity index (χ3v) is 3.14. The second kappa shape index (κ2) is 6.49. The number of hydrogen-bond donors (Lipinski definition) is 1. The Kier molecular flexibility index (Phi) is 4.68. The highest BCUT2D eigenvalue weighted by Crippen LogP contribution is 2.19. The van der Waals surface area contributed by atoms with E-state index in [0.29, 0.717) is 5.75 Å². The largest absolute Gasteiger partial charge is 0.486 e. The summed E-state index contributed by atoms with van der Waals surface area (Å²) in [7, 11) is 0. The summed E-state index contributed by atoms with van der Waals surface area (Å²) in [6.07, 6.45) is 3.86. The van der Waals surface area contributed by atoms with Crippen LogP contribution in [0.5, 0.6) is 5.75 Å². The molecule has 5 nitrogen and oxygen atoms in total. The maximum atomic E-state index is 11.1. The van der Waals surface area contributed by atoms with Crippen LogP contribution in [0.2, 0.25) is 0 Å². The number of fused-ring (bicyclic) bond motifs is 1. The predicted molar refractivity (Wildman–Crippen MR) is 84.9 cm³/mol. The average molecular weight is 319 g/mol. The lowest BCUT2D eigenvalue weighted by atomic mass is 10.2. The fourth-order valence-electron chi connectivity index (χ4n) is 2.15. The molecule has 0 saturated carbocycles. The van der Waals surface area contributed by atoms with Crippen molar-refractivity contribution in [1.29, 1.82) is 0 Å². The molecule has 0 aliphatic rings. The number of rotatable bonds is 4. The Bertz CT molecular complexity index is 814. The lowest BCUT2D eigenvalue weighted by Crippen LogP contribution is -2.03. The Morgan fingerprint density at radius 3 is 2.77 bits per heavy atom. The highest BCUT2D eigenvalue weighted by Gasteiger charge is 2.11. The average Bonchev–Trinajstić information content (AvgIpc) is 2.87. The zero-order chi connectivity index (χ0) is 14.8. The van der Waals surface area contributed by atoms with Crippen molar-refractivity contribution in [3.8, 4) is 5.75 Å². The first kappa shape index (κ1) is 15.9. The van der Waals surface area contributed by atoms with Gasteiger partial charge in [0.05, 0.1) is 5.69 Å². The quantitative estimate of drug-likeness (QED) is 0.801. The van der Waals surface area contributed by atoms with E-state index < -0.39 is 5.97 Å². The van der Waals surface area contributed by atoms with E-state index in [9.17, 15) is 4.79 Å². The van der Waals surface area contributed by atoms with Gasteiger partial charge in [-0.15, -0.1) is 12.4 Å². The minimum absolute atomic E-state index is 0. The fraction of sp³-hybridized carbons (Fsp3) is 0.125. The van der Waals surface area contributed by atoms with E-state index in [-0.39, 0.29) is 24.6 Å². The molecule has 0 spiro atoms. The summed E-state index contributed by atoms with van der Waals surface area (Å²) in [6, 6.07) is 10.5. The number of hydrogen-bond acceptors (Lipinski definition) is 3. The van der Waals surface area contributed by atoms with Gasteiger partial charge in [-0.2, -0.15) is 0 Å². The molecule has 0 aliphatic carbocycles. The first-order valence-corrected chi connectivity index (χ1v) is 6.53. The van der Waals surface area contributed by atoms with Crippen molar-refractivity contribution in [2.75, 3.05) is 0 Å². The van der Waals surface area contributed by atoms with E-state index in [4.69, 9.17) is 9.84 Å². The van der Waals surface area contributed by atoms with Crippen LogP contribution in [0.15, 0.2) is 48.8 Å². The standard InChI is InChI=1S/C16H14N2O3.ClH/c1-11-6-7-15-17-12(9-18(15)8-11)10-21-14-5-3-2-4-13(14)16(19)20;/h2-9H,10H2,1H3,(H,19,20);1H. The van der Waals surface area contributed by atoms with Crippen molar-refractivity contribution < 1.29 is 14.6 Å². The summed E-state index contributed by atoms with van der Waals surface area (Å²) in [5.41, 5.74) is 2.88. The molecule has 22 heavy (non-hydrogen) atoms. The number of para-hydroxylation sites is 1. The summed E-state index contributed by atoms with van der Waals surface area (Å²) in [5, 5.41) is 9.11. The minimum Gasteiger partial charge on any atom is -0.486 e. The van der Waals surface area contributed by atoms with Crippen molar-refractivity contribution in [2.24, 2.45) is 0 Å². The number of halogens is 1. The maximum Gasteiger partial charge on any atom is 0.339 e. The van der Waals surface area contributed by atoms with Crippen LogP contribution >= 0.6 is 12.4 Å². The van der Waals surface area contributed by atoms with Crippen LogP contribution in [0, 0.1) is 6.92 Å². The van der Waals surface area contributed by atoms with E-state index >= 15 is 0 Å². The van der Waals surface area contributed by atoms with Crippen LogP contribution in [0.1, 0.15) is 21.6 Å². The maximum absolute atomic E-state index is 11.1. The van der Waals surface area contributed by atoms with Crippen LogP contribution in [-0.4, -0.2) is 20.5 Å². The third kappa shape index (κ3) is 3.20. The molecule has 1 N–H and O–H groups in total. The van der Waals surface area contributed by atoms with Gasteiger partial charge in [-0.25, -0.2) is 9.78 Å². The number of pyridine rings is 1. The van der Waals surface area contributed by atoms with Gasteiger partial charge in [0.1, 0.15) is 23.6 Å². The van der Waals surface area contributed by atoms with Gasteiger partial charge < -0.3 is 14.2 Å². The zero-order valence-electron chi connectivity index (χ0n) is 11.9. The lowest BCUT2D eigenvalue weighted by molar-refractivity contribution is 0.0691. The van der Waals surface area contributed by atoms with Gasteiger partial charge in [-0.05, 0) is 30.7 Å². The van der Waals surface area contributed by atoms with E-state index in [1.165, 1.54) is 6.07 Å². The second-order valence-electron chi connectivity index (χ2n) is 4.79. The molecule has 0 aliphatic heterocycles. The fourth-order valence-corrected chi connectivity index (χ4v) is 2.15. The number of imidazole rings is 1. The molecule has 0 atom stereocenters. The molecule has 3 aromatic rings. The van der Waals surface area contributed by atoms with Gasteiger partial charge in [-0.1, -0.05) is 18.2 Å². The Labute approximate surface area is 133 Å². The van der Waals surface area contributed by atoms with Gasteiger partial charge in [-0.3, -0.25) is 0 Å². The monoisotopic (exact) mass is 318 g/mol. The molecule has 0 unspecified atom stereocenters. The number of carbonyl (C=O) groups is 1. The SMILES string of the molecule is Cc1ccc2nc(COc3ccccc3C(=O)O)cn2c1.Cl. The highest BCUT2D eigenvalue weighted by molar-refractivity contribution is 5.90. The zero-order valence-corrected chi connectivity index (χ0v) is 12.7. The second-order valence-corrected chi connectivity index (χ2v) is 4.79. The molecule has 2 heterocycles. The third-order valence-electron chi connectivity index (χ3n) is 3.14. The number of ether oxygens (including phenoxy) is 1. The Morgan fingerprint density at radius 2 is 2.00 bits per heavy atom. The number of aryl methyl sites for hydroxylation is 1. The summed E-state index contributed by atoms with van der Waals surface area (Å²) in [4.78, 5) is 15.5. The van der Waals surface area contributed by atoms with E-state index in [0.717, 1.165) is 16.9 Å². The molecule has 2 aromatic heterocycles. The van der Waals surface area contributed by atoms with Crippen LogP contribution in [0.4, 0.5) is 0 Å². The molecule has 0 bridgehead atoms. The molecule has 114 valence electrons. The number of benzene rings is 1. The van der Waals surface area contributed by atoms with Crippen LogP contribution in [0.25, 0.3) is 5.65 Å². The Balaban J connectivity index is 0.00000176. The summed E-state index contributed by atoms with van der Waals surface area (Å²) >= 11 is 0. The summed E-state index contributed by atoms with van der Waals surface area (Å²) in [6.45, 7) is 2.24. The predicted octanol–water partition coefficient (Wildman–Crippen LogP) is 3.34. The smallest absolute Gasteiger partial charge is 0.339 e. The van der Waals surface area contributed by atoms with Crippen LogP contribution in [-0.2, 0) is 6.61 Å². The molecule has 6 heteroatoms. The lowest BCUT2D eigenvalue weighted by Gasteiger charge is -2.06. The number of carboxylic acid groups (broad SMARTS) is 1. The van der Waals surface area contributed by atoms with Gasteiger partial charge in [0.25, 0.3) is 0 Å². The van der Waals surface area contributed by atoms with Gasteiger partial charge in [0.15, 0.2) is 0 Å². The number of carboxylic acids is 1. The molecular formula is C16H15ClN2O3. The molecule has 1 aromatic carbocycles. The normalized spacial score (nSPS) is 10.2. The molecule has 3 rings (SSSR count). The van der Waals surface area contributed by atoms with Gasteiger partial charge in [0, 0.05) is 12.4 Å². The van der Waals surface area contributed by atoms with Crippen LogP contribution in [0.3, 0.4) is 0 Å².